The quantitative estimate of drug-likeness (QED) is 0.564. The standard InChI is InChI=1S/C21H26F3N5/c1-2-25-20(27-14-16-5-7-18(8-6-16)21(22,23)24)28-15-17-9-10-26-19(13-17)29-11-3-4-12-29/h5-10,13H,2-4,11-12,14-15H2,1H3,(H2,25,27,28). The Labute approximate surface area is 169 Å². The van der Waals surface area contributed by atoms with E-state index in [1.165, 1.54) is 25.0 Å². The molecule has 0 atom stereocenters. The molecule has 0 radical (unpaired) electrons. The molecule has 29 heavy (non-hydrogen) atoms. The highest BCUT2D eigenvalue weighted by Crippen LogP contribution is 2.29. The van der Waals surface area contributed by atoms with Crippen molar-refractivity contribution in [2.75, 3.05) is 24.5 Å². The van der Waals surface area contributed by atoms with E-state index in [9.17, 15) is 13.2 Å². The molecule has 0 spiro atoms. The lowest BCUT2D eigenvalue weighted by atomic mass is 10.1. The van der Waals surface area contributed by atoms with Crippen LogP contribution in [-0.2, 0) is 19.3 Å². The first-order chi connectivity index (χ1) is 14.0. The predicted octanol–water partition coefficient (Wildman–Crippen LogP) is 3.96. The van der Waals surface area contributed by atoms with Gasteiger partial charge in [-0.05, 0) is 55.2 Å². The molecule has 0 bridgehead atoms. The largest absolute Gasteiger partial charge is 0.416 e. The van der Waals surface area contributed by atoms with Crippen molar-refractivity contribution in [2.45, 2.75) is 39.0 Å². The van der Waals surface area contributed by atoms with E-state index in [1.54, 1.807) is 6.20 Å². The summed E-state index contributed by atoms with van der Waals surface area (Å²) in [5, 5.41) is 6.33. The Kier molecular flexibility index (Phi) is 6.95. The molecule has 1 aromatic carbocycles. The number of aliphatic imine (C=N–C) groups is 1. The molecule has 0 aliphatic carbocycles. The Morgan fingerprint density at radius 1 is 1.07 bits per heavy atom. The second-order valence-electron chi connectivity index (χ2n) is 6.96. The minimum absolute atomic E-state index is 0.388. The van der Waals surface area contributed by atoms with Crippen LogP contribution in [0.3, 0.4) is 0 Å². The van der Waals surface area contributed by atoms with Crippen molar-refractivity contribution in [3.63, 3.8) is 0 Å². The molecule has 2 heterocycles. The maximum absolute atomic E-state index is 12.7. The van der Waals surface area contributed by atoms with Crippen molar-refractivity contribution in [1.29, 1.82) is 0 Å². The van der Waals surface area contributed by atoms with Gasteiger partial charge in [0, 0.05) is 32.4 Å². The summed E-state index contributed by atoms with van der Waals surface area (Å²) in [5.41, 5.74) is 1.17. The number of guanidine groups is 1. The fraction of sp³-hybridized carbons (Fsp3) is 0.429. The van der Waals surface area contributed by atoms with Gasteiger partial charge in [-0.2, -0.15) is 13.2 Å². The number of hydrogen-bond acceptors (Lipinski definition) is 3. The first-order valence-electron chi connectivity index (χ1n) is 9.84. The number of aromatic nitrogens is 1. The molecule has 0 amide bonds. The summed E-state index contributed by atoms with van der Waals surface area (Å²) >= 11 is 0. The Morgan fingerprint density at radius 3 is 2.45 bits per heavy atom. The van der Waals surface area contributed by atoms with E-state index >= 15 is 0 Å². The molecule has 1 saturated heterocycles. The lowest BCUT2D eigenvalue weighted by molar-refractivity contribution is -0.137. The smallest absolute Gasteiger partial charge is 0.357 e. The molecule has 0 unspecified atom stereocenters. The van der Waals surface area contributed by atoms with Crippen LogP contribution in [0.15, 0.2) is 47.6 Å². The van der Waals surface area contributed by atoms with E-state index in [0.717, 1.165) is 42.2 Å². The van der Waals surface area contributed by atoms with Crippen molar-refractivity contribution in [2.24, 2.45) is 4.99 Å². The molecule has 2 N–H and O–H groups in total. The van der Waals surface area contributed by atoms with Gasteiger partial charge >= 0.3 is 6.18 Å². The van der Waals surface area contributed by atoms with Crippen LogP contribution < -0.4 is 15.5 Å². The van der Waals surface area contributed by atoms with Crippen LogP contribution in [0.25, 0.3) is 0 Å². The number of rotatable bonds is 6. The van der Waals surface area contributed by atoms with Gasteiger partial charge in [-0.3, -0.25) is 0 Å². The minimum Gasteiger partial charge on any atom is -0.357 e. The van der Waals surface area contributed by atoms with Gasteiger partial charge in [0.1, 0.15) is 5.82 Å². The van der Waals surface area contributed by atoms with Gasteiger partial charge in [-0.15, -0.1) is 0 Å². The fourth-order valence-corrected chi connectivity index (χ4v) is 3.19. The van der Waals surface area contributed by atoms with Crippen LogP contribution in [0.1, 0.15) is 36.5 Å². The zero-order valence-corrected chi connectivity index (χ0v) is 16.5. The molecule has 1 fully saturated rings. The van der Waals surface area contributed by atoms with Gasteiger partial charge in [0.15, 0.2) is 5.96 Å². The van der Waals surface area contributed by atoms with E-state index in [2.05, 4.69) is 31.6 Å². The summed E-state index contributed by atoms with van der Waals surface area (Å²) in [7, 11) is 0. The monoisotopic (exact) mass is 405 g/mol. The summed E-state index contributed by atoms with van der Waals surface area (Å²) < 4.78 is 38.0. The third-order valence-corrected chi connectivity index (χ3v) is 4.75. The van der Waals surface area contributed by atoms with E-state index in [-0.39, 0.29) is 0 Å². The molecule has 5 nitrogen and oxygen atoms in total. The van der Waals surface area contributed by atoms with Gasteiger partial charge in [-0.1, -0.05) is 12.1 Å². The molecule has 8 heteroatoms. The summed E-state index contributed by atoms with van der Waals surface area (Å²) in [4.78, 5) is 11.3. The number of pyridine rings is 1. The number of hydrogen-bond donors (Lipinski definition) is 2. The summed E-state index contributed by atoms with van der Waals surface area (Å²) in [5.74, 6) is 1.60. The number of halogens is 3. The van der Waals surface area contributed by atoms with Gasteiger partial charge < -0.3 is 15.5 Å². The average Bonchev–Trinajstić information content (AvgIpc) is 3.25. The lowest BCUT2D eigenvalue weighted by Gasteiger charge is -2.16. The number of anilines is 1. The zero-order chi connectivity index (χ0) is 20.7. The van der Waals surface area contributed by atoms with Crippen LogP contribution in [0.5, 0.6) is 0 Å². The van der Waals surface area contributed by atoms with Gasteiger partial charge in [-0.25, -0.2) is 9.98 Å². The Morgan fingerprint density at radius 2 is 1.79 bits per heavy atom. The normalized spacial score (nSPS) is 14.9. The number of benzene rings is 1. The maximum atomic E-state index is 12.7. The van der Waals surface area contributed by atoms with E-state index in [4.69, 9.17) is 0 Å². The third kappa shape index (κ3) is 6.10. The summed E-state index contributed by atoms with van der Waals surface area (Å²) in [6, 6.07) is 9.15. The molecule has 156 valence electrons. The average molecular weight is 405 g/mol. The van der Waals surface area contributed by atoms with Crippen molar-refractivity contribution < 1.29 is 13.2 Å². The molecule has 1 aliphatic rings. The second-order valence-corrected chi connectivity index (χ2v) is 6.96. The first kappa shape index (κ1) is 21.0. The van der Waals surface area contributed by atoms with Crippen molar-refractivity contribution in [1.82, 2.24) is 15.6 Å². The molecule has 0 saturated carbocycles. The van der Waals surface area contributed by atoms with Crippen molar-refractivity contribution in [3.05, 3.63) is 59.3 Å². The minimum atomic E-state index is -4.32. The first-order valence-corrected chi connectivity index (χ1v) is 9.84. The Balaban J connectivity index is 1.60. The third-order valence-electron chi connectivity index (χ3n) is 4.75. The highest BCUT2D eigenvalue weighted by molar-refractivity contribution is 5.79. The van der Waals surface area contributed by atoms with Crippen molar-refractivity contribution >= 4 is 11.8 Å². The molecule has 2 aromatic rings. The van der Waals surface area contributed by atoms with Gasteiger partial charge in [0.25, 0.3) is 0 Å². The van der Waals surface area contributed by atoms with E-state index < -0.39 is 11.7 Å². The van der Waals surface area contributed by atoms with Crippen LogP contribution in [0.4, 0.5) is 19.0 Å². The number of nitrogens with one attached hydrogen (secondary N) is 2. The SMILES string of the molecule is CCNC(=NCc1ccnc(N2CCCC2)c1)NCc1ccc(C(F)(F)F)cc1. The molecule has 1 aliphatic heterocycles. The Hall–Kier alpha value is -2.77. The second kappa shape index (κ2) is 9.62. The predicted molar refractivity (Wildman–Crippen MR) is 109 cm³/mol. The topological polar surface area (TPSA) is 52.6 Å². The molecule has 1 aromatic heterocycles. The highest BCUT2D eigenvalue weighted by Gasteiger charge is 2.29. The van der Waals surface area contributed by atoms with E-state index in [0.29, 0.717) is 25.6 Å². The summed E-state index contributed by atoms with van der Waals surface area (Å²) in [6.07, 6.45) is -0.118. The van der Waals surface area contributed by atoms with Crippen LogP contribution >= 0.6 is 0 Å². The van der Waals surface area contributed by atoms with Crippen LogP contribution in [-0.4, -0.2) is 30.6 Å². The molecular weight excluding hydrogens is 379 g/mol. The number of alkyl halides is 3. The van der Waals surface area contributed by atoms with Crippen molar-refractivity contribution in [3.8, 4) is 0 Å². The maximum Gasteiger partial charge on any atom is 0.416 e. The molecular formula is C21H26F3N5. The van der Waals surface area contributed by atoms with Gasteiger partial charge in [0.05, 0.1) is 12.1 Å². The Bertz CT molecular complexity index is 812. The van der Waals surface area contributed by atoms with Gasteiger partial charge in [0.2, 0.25) is 0 Å². The highest BCUT2D eigenvalue weighted by atomic mass is 19.4. The zero-order valence-electron chi connectivity index (χ0n) is 16.5. The molecule has 3 rings (SSSR count). The van der Waals surface area contributed by atoms with Crippen LogP contribution in [0.2, 0.25) is 0 Å². The van der Waals surface area contributed by atoms with E-state index in [1.807, 2.05) is 13.0 Å². The number of nitrogens with zero attached hydrogens (tertiary/aromatic N) is 3. The lowest BCUT2D eigenvalue weighted by Crippen LogP contribution is -2.36. The fourth-order valence-electron chi connectivity index (χ4n) is 3.19. The van der Waals surface area contributed by atoms with Crippen LogP contribution in [0, 0.1) is 0 Å². The summed E-state index contributed by atoms with van der Waals surface area (Å²) in [6.45, 7) is 5.61.